The Bertz CT molecular complexity index is 1300. The zero-order chi connectivity index (χ0) is 31.2. The Morgan fingerprint density at radius 3 is 1.62 bits per heavy atom. The number of rotatable bonds is 9. The van der Waals surface area contributed by atoms with Crippen molar-refractivity contribution in [1.82, 2.24) is 4.90 Å². The number of carbonyl (C=O) groups excluding carboxylic acids is 4. The van der Waals surface area contributed by atoms with Gasteiger partial charge in [-0.3, -0.25) is 24.1 Å². The van der Waals surface area contributed by atoms with Gasteiger partial charge in [-0.1, -0.05) is 90.9 Å². The second kappa shape index (κ2) is 11.4. The predicted octanol–water partition coefficient (Wildman–Crippen LogP) is 6.11. The Hall–Kier alpha value is -3.30. The summed E-state index contributed by atoms with van der Waals surface area (Å²) in [7, 11) is -0.392. The predicted molar refractivity (Wildman–Crippen MR) is 161 cm³/mol. The van der Waals surface area contributed by atoms with Gasteiger partial charge in [-0.25, -0.2) is 0 Å². The van der Waals surface area contributed by atoms with Crippen LogP contribution in [0.5, 0.6) is 0 Å². The molecule has 0 saturated heterocycles. The Kier molecular flexibility index (Phi) is 8.59. The van der Waals surface area contributed by atoms with Crippen molar-refractivity contribution < 1.29 is 33.1 Å². The Morgan fingerprint density at radius 2 is 1.21 bits per heavy atom. The van der Waals surface area contributed by atoms with Crippen LogP contribution in [0.25, 0.3) is 0 Å². The van der Waals surface area contributed by atoms with E-state index in [0.717, 1.165) is 0 Å². The molecular formula is C33H43NO7Si. The molecule has 3 atom stereocenters. The summed E-state index contributed by atoms with van der Waals surface area (Å²) < 4.78 is 18.5. The van der Waals surface area contributed by atoms with Crippen molar-refractivity contribution >= 4 is 32.1 Å². The van der Waals surface area contributed by atoms with E-state index in [2.05, 4.69) is 41.5 Å². The van der Waals surface area contributed by atoms with E-state index < -0.39 is 55.0 Å². The van der Waals surface area contributed by atoms with Crippen LogP contribution in [0.4, 0.5) is 0 Å². The number of hydrogen-bond acceptors (Lipinski definition) is 7. The first-order valence-corrected chi connectivity index (χ1v) is 16.8. The number of benzene rings is 2. The maximum absolute atomic E-state index is 14.2. The lowest BCUT2D eigenvalue weighted by molar-refractivity contribution is -0.189. The second-order valence-corrected chi connectivity index (χ2v) is 17.9. The van der Waals surface area contributed by atoms with Gasteiger partial charge in [0.15, 0.2) is 5.41 Å². The molecule has 42 heavy (non-hydrogen) atoms. The average Bonchev–Trinajstić information content (AvgIpc) is 3.38. The van der Waals surface area contributed by atoms with E-state index in [1.165, 1.54) is 19.1 Å². The van der Waals surface area contributed by atoms with Crippen LogP contribution in [-0.2, 0) is 29.1 Å². The smallest absolute Gasteiger partial charge is 0.326 e. The number of carbonyl (C=O) groups is 4. The molecule has 0 radical (unpaired) electrons. The number of ether oxygens (including phenoxy) is 2. The molecule has 0 bridgehead atoms. The molecule has 1 saturated carbocycles. The first-order chi connectivity index (χ1) is 19.8. The molecule has 2 aromatic carbocycles. The fourth-order valence-electron chi connectivity index (χ4n) is 8.09. The number of esters is 2. The third kappa shape index (κ3) is 4.19. The van der Waals surface area contributed by atoms with Crippen molar-refractivity contribution in [2.75, 3.05) is 14.2 Å². The Labute approximate surface area is 249 Å². The molecule has 8 nitrogen and oxygen atoms in total. The summed E-state index contributed by atoms with van der Waals surface area (Å²) in [5.74, 6) is -3.24. The van der Waals surface area contributed by atoms with Crippen LogP contribution in [0, 0.1) is 11.3 Å². The van der Waals surface area contributed by atoms with Crippen molar-refractivity contribution in [2.45, 2.75) is 83.2 Å². The van der Waals surface area contributed by atoms with Crippen LogP contribution in [0.1, 0.15) is 81.2 Å². The fraction of sp³-hybridized carbons (Fsp3) is 0.515. The summed E-state index contributed by atoms with van der Waals surface area (Å²) in [5, 5.41) is 0. The van der Waals surface area contributed by atoms with E-state index in [1.54, 1.807) is 24.3 Å². The standard InChI is InChI=1S/C33H43NO7Si/c1-20(2)42(21(3)4,22(5)6)41-33(24-15-11-10-12-16-24)23(7)27(19-32(33,30(37)39-8)31(38)40-9)34-28(35)25-17-13-14-18-26(25)29(34)36/h10-18,20-23,27H,19H2,1-9H3/t23-,27+,33+/m1/s1. The monoisotopic (exact) mass is 593 g/mol. The quantitative estimate of drug-likeness (QED) is 0.150. The van der Waals surface area contributed by atoms with Gasteiger partial charge in [0.05, 0.1) is 25.3 Å². The van der Waals surface area contributed by atoms with Crippen LogP contribution in [0.2, 0.25) is 16.6 Å². The van der Waals surface area contributed by atoms with Crippen LogP contribution in [0.3, 0.4) is 0 Å². The van der Waals surface area contributed by atoms with Gasteiger partial charge in [0, 0.05) is 12.0 Å². The fourth-order valence-corrected chi connectivity index (χ4v) is 13.8. The maximum Gasteiger partial charge on any atom is 0.326 e. The van der Waals surface area contributed by atoms with Crippen LogP contribution in [0.15, 0.2) is 54.6 Å². The zero-order valence-electron chi connectivity index (χ0n) is 26.1. The molecule has 1 aliphatic heterocycles. The molecule has 1 aliphatic carbocycles. The molecule has 0 unspecified atom stereocenters. The minimum absolute atomic E-state index is 0.0941. The third-order valence-electron chi connectivity index (χ3n) is 9.84. The molecule has 0 N–H and O–H groups in total. The first kappa shape index (κ1) is 31.6. The molecule has 1 fully saturated rings. The lowest BCUT2D eigenvalue weighted by Crippen LogP contribution is -2.63. The van der Waals surface area contributed by atoms with Gasteiger partial charge in [-0.15, -0.1) is 0 Å². The minimum atomic E-state index is -2.87. The highest BCUT2D eigenvalue weighted by atomic mass is 28.4. The molecule has 4 rings (SSSR count). The summed E-state index contributed by atoms with van der Waals surface area (Å²) in [4.78, 5) is 57.3. The molecule has 0 aromatic heterocycles. The third-order valence-corrected chi connectivity index (χ3v) is 15.9. The van der Waals surface area contributed by atoms with E-state index >= 15 is 0 Å². The Morgan fingerprint density at radius 1 is 0.786 bits per heavy atom. The summed E-state index contributed by atoms with van der Waals surface area (Å²) in [6, 6.07) is 15.0. The summed E-state index contributed by atoms with van der Waals surface area (Å²) in [6.45, 7) is 14.6. The number of amides is 2. The van der Waals surface area contributed by atoms with Crippen LogP contribution < -0.4 is 0 Å². The maximum atomic E-state index is 14.2. The number of methoxy groups -OCH3 is 2. The van der Waals surface area contributed by atoms with Gasteiger partial charge in [0.25, 0.3) is 11.8 Å². The number of hydrogen-bond donors (Lipinski definition) is 0. The number of nitrogens with zero attached hydrogens (tertiary/aromatic N) is 1. The molecule has 226 valence electrons. The molecular weight excluding hydrogens is 550 g/mol. The van der Waals surface area contributed by atoms with Gasteiger partial charge in [-0.2, -0.15) is 0 Å². The van der Waals surface area contributed by atoms with E-state index in [1.807, 2.05) is 37.3 Å². The van der Waals surface area contributed by atoms with Crippen molar-refractivity contribution in [1.29, 1.82) is 0 Å². The highest BCUT2D eigenvalue weighted by Gasteiger charge is 2.76. The molecule has 0 spiro atoms. The highest BCUT2D eigenvalue weighted by molar-refractivity contribution is 6.77. The lowest BCUT2D eigenvalue weighted by atomic mass is 9.67. The topological polar surface area (TPSA) is 99.2 Å². The molecule has 2 aliphatic rings. The number of fused-ring (bicyclic) bond motifs is 1. The van der Waals surface area contributed by atoms with Crippen molar-refractivity contribution in [2.24, 2.45) is 11.3 Å². The Balaban J connectivity index is 2.11. The van der Waals surface area contributed by atoms with Gasteiger partial charge in [-0.05, 0) is 40.7 Å². The van der Waals surface area contributed by atoms with Crippen molar-refractivity contribution in [3.63, 3.8) is 0 Å². The van der Waals surface area contributed by atoms with Gasteiger partial charge in [0.1, 0.15) is 5.60 Å². The van der Waals surface area contributed by atoms with Gasteiger partial charge in [0.2, 0.25) is 8.32 Å². The van der Waals surface area contributed by atoms with Gasteiger partial charge < -0.3 is 13.9 Å². The molecule has 2 aromatic rings. The lowest BCUT2D eigenvalue weighted by Gasteiger charge is -2.54. The normalized spacial score (nSPS) is 23.6. The minimum Gasteiger partial charge on any atom is -0.468 e. The van der Waals surface area contributed by atoms with Crippen LogP contribution >= 0.6 is 0 Å². The van der Waals surface area contributed by atoms with Crippen LogP contribution in [-0.4, -0.2) is 57.2 Å². The van der Waals surface area contributed by atoms with E-state index in [9.17, 15) is 19.2 Å². The van der Waals surface area contributed by atoms with Crippen molar-refractivity contribution in [3.05, 3.63) is 71.3 Å². The zero-order valence-corrected chi connectivity index (χ0v) is 27.1. The highest BCUT2D eigenvalue weighted by Crippen LogP contribution is 2.64. The first-order valence-electron chi connectivity index (χ1n) is 14.7. The molecule has 2 amide bonds. The molecule has 1 heterocycles. The summed E-state index contributed by atoms with van der Waals surface area (Å²) >= 11 is 0. The SMILES string of the molecule is COC(=O)C1(C(=O)OC)C[C@H](N2C(=O)c3ccccc3C2=O)[C@@H](C)[C@]1(O[Si](C(C)C)(C(C)C)C(C)C)c1ccccc1. The van der Waals surface area contributed by atoms with Gasteiger partial charge >= 0.3 is 11.9 Å². The summed E-state index contributed by atoms with van der Waals surface area (Å²) in [6.07, 6.45) is -0.202. The van der Waals surface area contributed by atoms with E-state index in [0.29, 0.717) is 16.7 Å². The van der Waals surface area contributed by atoms with E-state index in [-0.39, 0.29) is 23.0 Å². The second-order valence-electron chi connectivity index (χ2n) is 12.5. The number of imide groups is 1. The van der Waals surface area contributed by atoms with E-state index in [4.69, 9.17) is 13.9 Å². The summed E-state index contributed by atoms with van der Waals surface area (Å²) in [5.41, 5.74) is -2.14. The largest absolute Gasteiger partial charge is 0.468 e. The average molecular weight is 594 g/mol. The van der Waals surface area contributed by atoms with Crippen molar-refractivity contribution in [3.8, 4) is 0 Å². The molecule has 9 heteroatoms.